The summed E-state index contributed by atoms with van der Waals surface area (Å²) < 4.78 is 34.7. The molecule has 1 saturated carbocycles. The Kier molecular flexibility index (Phi) is 5.01. The molecule has 1 N–H and O–H groups in total. The highest BCUT2D eigenvalue weighted by atomic mass is 19.1. The zero-order valence-corrected chi connectivity index (χ0v) is 15.8. The van der Waals surface area contributed by atoms with Gasteiger partial charge in [0, 0.05) is 18.2 Å². The summed E-state index contributed by atoms with van der Waals surface area (Å²) in [6.07, 6.45) is 3.40. The Morgan fingerprint density at radius 3 is 2.48 bits per heavy atom. The highest BCUT2D eigenvalue weighted by Crippen LogP contribution is 2.40. The summed E-state index contributed by atoms with van der Waals surface area (Å²) in [6, 6.07) is 11.0. The minimum absolute atomic E-state index is 0.00919. The summed E-state index contributed by atoms with van der Waals surface area (Å²) in [5, 5.41) is 9.51. The smallest absolute Gasteiger partial charge is 0.337 e. The van der Waals surface area contributed by atoms with Crippen LogP contribution in [0.3, 0.4) is 0 Å². The van der Waals surface area contributed by atoms with Crippen LogP contribution in [0.15, 0.2) is 48.7 Å². The van der Waals surface area contributed by atoms with Gasteiger partial charge in [-0.15, -0.1) is 0 Å². The van der Waals surface area contributed by atoms with E-state index in [9.17, 15) is 18.7 Å². The largest absolute Gasteiger partial charge is 0.497 e. The average Bonchev–Trinajstić information content (AvgIpc) is 3.56. The standard InChI is InChI=1S/C23H19F2NO3/c1-29-17-4-2-3-14(7-17)15-9-20(24)18(21(25)10-15)11-22-19(23(27)28)8-16(12-26-22)13-5-6-13/h2-4,7-10,12-13H,5-6,11H2,1H3,(H,27,28). The molecule has 4 nitrogen and oxygen atoms in total. The van der Waals surface area contributed by atoms with Crippen LogP contribution < -0.4 is 4.74 Å². The molecule has 0 bridgehead atoms. The molecule has 148 valence electrons. The lowest BCUT2D eigenvalue weighted by atomic mass is 9.98. The van der Waals surface area contributed by atoms with Gasteiger partial charge in [-0.2, -0.15) is 0 Å². The van der Waals surface area contributed by atoms with Crippen LogP contribution in [-0.4, -0.2) is 23.2 Å². The van der Waals surface area contributed by atoms with E-state index in [0.29, 0.717) is 22.8 Å². The minimum atomic E-state index is -1.15. The molecule has 0 radical (unpaired) electrons. The first-order chi connectivity index (χ1) is 14.0. The lowest BCUT2D eigenvalue weighted by Crippen LogP contribution is -2.09. The quantitative estimate of drug-likeness (QED) is 0.623. The van der Waals surface area contributed by atoms with Crippen molar-refractivity contribution in [1.82, 2.24) is 4.98 Å². The Labute approximate surface area is 166 Å². The molecule has 0 aliphatic heterocycles. The number of ether oxygens (including phenoxy) is 1. The molecule has 29 heavy (non-hydrogen) atoms. The molecule has 1 aliphatic rings. The van der Waals surface area contributed by atoms with Crippen molar-refractivity contribution in [2.24, 2.45) is 0 Å². The van der Waals surface area contributed by atoms with Crippen molar-refractivity contribution in [3.8, 4) is 16.9 Å². The third kappa shape index (κ3) is 3.97. The van der Waals surface area contributed by atoms with Crippen LogP contribution in [-0.2, 0) is 6.42 Å². The van der Waals surface area contributed by atoms with Gasteiger partial charge in [0.25, 0.3) is 0 Å². The maximum atomic E-state index is 14.8. The van der Waals surface area contributed by atoms with Crippen LogP contribution in [0.4, 0.5) is 8.78 Å². The Balaban J connectivity index is 1.68. The summed E-state index contributed by atoms with van der Waals surface area (Å²) in [4.78, 5) is 15.8. The van der Waals surface area contributed by atoms with Crippen LogP contribution in [0, 0.1) is 11.6 Å². The van der Waals surface area contributed by atoms with Crippen molar-refractivity contribution in [2.75, 3.05) is 7.11 Å². The Hall–Kier alpha value is -3.28. The van der Waals surface area contributed by atoms with Gasteiger partial charge in [0.1, 0.15) is 17.4 Å². The molecule has 2 aromatic carbocycles. The minimum Gasteiger partial charge on any atom is -0.497 e. The van der Waals surface area contributed by atoms with Crippen LogP contribution >= 0.6 is 0 Å². The number of hydrogen-bond acceptors (Lipinski definition) is 3. The molecule has 0 unspecified atom stereocenters. The number of nitrogens with zero attached hydrogens (tertiary/aromatic N) is 1. The zero-order chi connectivity index (χ0) is 20.5. The third-order valence-electron chi connectivity index (χ3n) is 5.16. The number of carboxylic acid groups (broad SMARTS) is 1. The van der Waals surface area contributed by atoms with Crippen molar-refractivity contribution in [2.45, 2.75) is 25.2 Å². The topological polar surface area (TPSA) is 59.4 Å². The van der Waals surface area contributed by atoms with Gasteiger partial charge >= 0.3 is 5.97 Å². The number of rotatable bonds is 6. The predicted molar refractivity (Wildman–Crippen MR) is 104 cm³/mol. The monoisotopic (exact) mass is 395 g/mol. The van der Waals surface area contributed by atoms with E-state index in [0.717, 1.165) is 18.4 Å². The van der Waals surface area contributed by atoms with E-state index >= 15 is 0 Å². The van der Waals surface area contributed by atoms with Crippen molar-refractivity contribution in [3.63, 3.8) is 0 Å². The average molecular weight is 395 g/mol. The first kappa shape index (κ1) is 19.1. The summed E-state index contributed by atoms with van der Waals surface area (Å²) in [6.45, 7) is 0. The van der Waals surface area contributed by atoms with E-state index in [2.05, 4.69) is 4.98 Å². The Morgan fingerprint density at radius 1 is 1.14 bits per heavy atom. The van der Waals surface area contributed by atoms with Crippen LogP contribution in [0.5, 0.6) is 5.75 Å². The van der Waals surface area contributed by atoms with E-state index in [1.807, 2.05) is 0 Å². The molecule has 1 aromatic heterocycles. The number of hydrogen-bond donors (Lipinski definition) is 1. The normalized spacial score (nSPS) is 13.3. The molecule has 3 aromatic rings. The highest BCUT2D eigenvalue weighted by Gasteiger charge is 2.26. The maximum absolute atomic E-state index is 14.8. The van der Waals surface area contributed by atoms with Gasteiger partial charge in [0.15, 0.2) is 0 Å². The van der Waals surface area contributed by atoms with Crippen molar-refractivity contribution in [3.05, 3.63) is 82.7 Å². The molecule has 0 amide bonds. The molecular formula is C23H19F2NO3. The van der Waals surface area contributed by atoms with Crippen molar-refractivity contribution >= 4 is 5.97 Å². The van der Waals surface area contributed by atoms with Crippen molar-refractivity contribution < 1.29 is 23.4 Å². The van der Waals surface area contributed by atoms with E-state index in [-0.39, 0.29) is 23.2 Å². The van der Waals surface area contributed by atoms with E-state index < -0.39 is 17.6 Å². The lowest BCUT2D eigenvalue weighted by molar-refractivity contribution is 0.0695. The second-order valence-corrected chi connectivity index (χ2v) is 7.17. The molecule has 1 aliphatic carbocycles. The van der Waals surface area contributed by atoms with E-state index in [1.54, 1.807) is 36.5 Å². The predicted octanol–water partition coefficient (Wildman–Crippen LogP) is 5.20. The fourth-order valence-electron chi connectivity index (χ4n) is 3.38. The van der Waals surface area contributed by atoms with Crippen molar-refractivity contribution in [1.29, 1.82) is 0 Å². The summed E-state index contributed by atoms with van der Waals surface area (Å²) in [5.41, 5.74) is 1.79. The first-order valence-corrected chi connectivity index (χ1v) is 9.30. The molecule has 0 saturated heterocycles. The number of aromatic nitrogens is 1. The summed E-state index contributed by atoms with van der Waals surface area (Å²) in [5.74, 6) is -1.72. The van der Waals surface area contributed by atoms with Crippen LogP contribution in [0.25, 0.3) is 11.1 Å². The first-order valence-electron chi connectivity index (χ1n) is 9.30. The van der Waals surface area contributed by atoms with Gasteiger partial charge in [-0.1, -0.05) is 12.1 Å². The second-order valence-electron chi connectivity index (χ2n) is 7.17. The van der Waals surface area contributed by atoms with Gasteiger partial charge in [0.05, 0.1) is 18.4 Å². The van der Waals surface area contributed by atoms with E-state index in [1.165, 1.54) is 19.2 Å². The van der Waals surface area contributed by atoms with Gasteiger partial charge in [-0.05, 0) is 65.8 Å². The molecule has 4 rings (SSSR count). The van der Waals surface area contributed by atoms with Crippen LogP contribution in [0.2, 0.25) is 0 Å². The molecule has 6 heteroatoms. The van der Waals surface area contributed by atoms with E-state index in [4.69, 9.17) is 4.74 Å². The fraction of sp³-hybridized carbons (Fsp3) is 0.217. The molecular weight excluding hydrogens is 376 g/mol. The molecule has 1 heterocycles. The maximum Gasteiger partial charge on any atom is 0.337 e. The van der Waals surface area contributed by atoms with Gasteiger partial charge in [0.2, 0.25) is 0 Å². The number of pyridine rings is 1. The number of carbonyl (C=O) groups is 1. The summed E-state index contributed by atoms with van der Waals surface area (Å²) >= 11 is 0. The Morgan fingerprint density at radius 2 is 1.86 bits per heavy atom. The van der Waals surface area contributed by atoms with Gasteiger partial charge in [-0.25, -0.2) is 13.6 Å². The molecule has 1 fully saturated rings. The number of methoxy groups -OCH3 is 1. The molecule has 0 atom stereocenters. The number of carboxylic acids is 1. The Bertz CT molecular complexity index is 1070. The lowest BCUT2D eigenvalue weighted by Gasteiger charge is -2.11. The highest BCUT2D eigenvalue weighted by molar-refractivity contribution is 5.89. The third-order valence-corrected chi connectivity index (χ3v) is 5.16. The molecule has 0 spiro atoms. The SMILES string of the molecule is COc1cccc(-c2cc(F)c(Cc3ncc(C4CC4)cc3C(=O)O)c(F)c2)c1. The number of benzene rings is 2. The number of aromatic carboxylic acids is 1. The second kappa shape index (κ2) is 7.62. The van der Waals surface area contributed by atoms with Crippen LogP contribution in [0.1, 0.15) is 45.9 Å². The fourth-order valence-corrected chi connectivity index (χ4v) is 3.38. The number of halogens is 2. The summed E-state index contributed by atoms with van der Waals surface area (Å²) in [7, 11) is 1.52. The zero-order valence-electron chi connectivity index (χ0n) is 15.8. The van der Waals surface area contributed by atoms with Gasteiger partial charge in [-0.3, -0.25) is 4.98 Å². The van der Waals surface area contributed by atoms with Gasteiger partial charge < -0.3 is 9.84 Å².